The number of rotatable bonds is 4. The lowest BCUT2D eigenvalue weighted by Gasteiger charge is -2.07. The molecule has 1 amide bonds. The largest absolute Gasteiger partial charge is 0.494 e. The van der Waals surface area contributed by atoms with Crippen LogP contribution < -0.4 is 10.1 Å². The topological polar surface area (TPSA) is 38.3 Å². The standard InChI is InChI=1S/C18H18FNO2/c1-12-4-7-16(13(2)10-12)20-18(21)9-6-14-5-8-17(22-3)15(19)11-14/h4-11H,1-3H3,(H,20,21)/b9-6+. The molecule has 0 unspecified atom stereocenters. The van der Waals surface area contributed by atoms with E-state index in [0.29, 0.717) is 5.56 Å². The summed E-state index contributed by atoms with van der Waals surface area (Å²) in [5, 5.41) is 2.80. The van der Waals surface area contributed by atoms with Gasteiger partial charge in [-0.15, -0.1) is 0 Å². The third-order valence-corrected chi connectivity index (χ3v) is 3.24. The SMILES string of the molecule is COc1ccc(/C=C/C(=O)Nc2ccc(C)cc2C)cc1F. The first-order chi connectivity index (χ1) is 10.5. The highest BCUT2D eigenvalue weighted by Gasteiger charge is 2.03. The van der Waals surface area contributed by atoms with Crippen LogP contribution in [0.25, 0.3) is 6.08 Å². The van der Waals surface area contributed by atoms with E-state index >= 15 is 0 Å². The minimum atomic E-state index is -0.459. The van der Waals surface area contributed by atoms with Crippen LogP contribution in [0.1, 0.15) is 16.7 Å². The highest BCUT2D eigenvalue weighted by molar-refractivity contribution is 6.02. The average Bonchev–Trinajstić information content (AvgIpc) is 2.48. The maximum Gasteiger partial charge on any atom is 0.248 e. The molecule has 22 heavy (non-hydrogen) atoms. The molecule has 0 aliphatic heterocycles. The Labute approximate surface area is 129 Å². The van der Waals surface area contributed by atoms with Gasteiger partial charge in [0.2, 0.25) is 5.91 Å². The summed E-state index contributed by atoms with van der Waals surface area (Å²) in [6.45, 7) is 3.93. The Bertz CT molecular complexity index is 723. The fourth-order valence-corrected chi connectivity index (χ4v) is 2.09. The number of hydrogen-bond donors (Lipinski definition) is 1. The first-order valence-electron chi connectivity index (χ1n) is 6.89. The lowest BCUT2D eigenvalue weighted by Crippen LogP contribution is -2.08. The number of ether oxygens (including phenoxy) is 1. The van der Waals surface area contributed by atoms with Crippen molar-refractivity contribution in [3.05, 3.63) is 65.0 Å². The number of nitrogens with one attached hydrogen (secondary N) is 1. The fraction of sp³-hybridized carbons (Fsp3) is 0.167. The average molecular weight is 299 g/mol. The molecule has 0 spiro atoms. The number of benzene rings is 2. The molecule has 0 heterocycles. The van der Waals surface area contributed by atoms with Crippen molar-refractivity contribution in [2.24, 2.45) is 0 Å². The zero-order chi connectivity index (χ0) is 16.1. The van der Waals surface area contributed by atoms with E-state index in [0.717, 1.165) is 16.8 Å². The van der Waals surface area contributed by atoms with Crippen LogP contribution in [0.15, 0.2) is 42.5 Å². The predicted molar refractivity (Wildman–Crippen MR) is 86.5 cm³/mol. The fourth-order valence-electron chi connectivity index (χ4n) is 2.09. The van der Waals surface area contributed by atoms with Crippen molar-refractivity contribution >= 4 is 17.7 Å². The molecule has 0 bridgehead atoms. The lowest BCUT2D eigenvalue weighted by atomic mass is 10.1. The maximum atomic E-state index is 13.6. The number of amides is 1. The van der Waals surface area contributed by atoms with Crippen LogP contribution in [0.2, 0.25) is 0 Å². The second-order valence-corrected chi connectivity index (χ2v) is 5.03. The van der Waals surface area contributed by atoms with Gasteiger partial charge in [0.1, 0.15) is 0 Å². The summed E-state index contributed by atoms with van der Waals surface area (Å²) in [7, 11) is 1.41. The molecule has 3 nitrogen and oxygen atoms in total. The van der Waals surface area contributed by atoms with Crippen molar-refractivity contribution in [2.75, 3.05) is 12.4 Å². The molecule has 1 N–H and O–H groups in total. The van der Waals surface area contributed by atoms with E-state index in [-0.39, 0.29) is 11.7 Å². The van der Waals surface area contributed by atoms with E-state index in [4.69, 9.17) is 4.74 Å². The molecule has 0 radical (unpaired) electrons. The van der Waals surface area contributed by atoms with E-state index in [1.165, 1.54) is 25.3 Å². The van der Waals surface area contributed by atoms with Crippen LogP contribution in [0, 0.1) is 19.7 Å². The van der Waals surface area contributed by atoms with Crippen molar-refractivity contribution in [1.29, 1.82) is 0 Å². The van der Waals surface area contributed by atoms with Crippen LogP contribution >= 0.6 is 0 Å². The molecule has 0 saturated carbocycles. The maximum absolute atomic E-state index is 13.6. The molecule has 114 valence electrons. The zero-order valence-electron chi connectivity index (χ0n) is 12.8. The molecule has 2 rings (SSSR count). The Morgan fingerprint density at radius 1 is 1.18 bits per heavy atom. The molecule has 0 aromatic heterocycles. The van der Waals surface area contributed by atoms with Crippen molar-refractivity contribution < 1.29 is 13.9 Å². The third-order valence-electron chi connectivity index (χ3n) is 3.24. The molecule has 0 fully saturated rings. The van der Waals surface area contributed by atoms with Gasteiger partial charge in [-0.25, -0.2) is 4.39 Å². The van der Waals surface area contributed by atoms with Crippen LogP contribution in [-0.2, 0) is 4.79 Å². The molecule has 4 heteroatoms. The van der Waals surface area contributed by atoms with Crippen LogP contribution in [-0.4, -0.2) is 13.0 Å². The number of methoxy groups -OCH3 is 1. The Morgan fingerprint density at radius 3 is 2.59 bits per heavy atom. The first-order valence-corrected chi connectivity index (χ1v) is 6.89. The highest BCUT2D eigenvalue weighted by Crippen LogP contribution is 2.19. The van der Waals surface area contributed by atoms with Gasteiger partial charge >= 0.3 is 0 Å². The monoisotopic (exact) mass is 299 g/mol. The number of carbonyl (C=O) groups excluding carboxylic acids is 1. The van der Waals surface area contributed by atoms with Crippen LogP contribution in [0.5, 0.6) is 5.75 Å². The zero-order valence-corrected chi connectivity index (χ0v) is 12.8. The number of halogens is 1. The Hall–Kier alpha value is -2.62. The van der Waals surface area contributed by atoms with Gasteiger partial charge in [0.25, 0.3) is 0 Å². The Kier molecular flexibility index (Phi) is 4.94. The van der Waals surface area contributed by atoms with Crippen molar-refractivity contribution in [3.63, 3.8) is 0 Å². The first kappa shape index (κ1) is 15.8. The number of carbonyl (C=O) groups is 1. The van der Waals surface area contributed by atoms with Crippen molar-refractivity contribution in [1.82, 2.24) is 0 Å². The van der Waals surface area contributed by atoms with E-state index in [1.807, 2.05) is 32.0 Å². The van der Waals surface area contributed by atoms with Gasteiger partial charge in [0, 0.05) is 11.8 Å². The number of hydrogen-bond acceptors (Lipinski definition) is 2. The summed E-state index contributed by atoms with van der Waals surface area (Å²) in [4.78, 5) is 11.9. The molecule has 0 aliphatic rings. The van der Waals surface area contributed by atoms with E-state index in [9.17, 15) is 9.18 Å². The summed E-state index contributed by atoms with van der Waals surface area (Å²) in [6, 6.07) is 10.3. The van der Waals surface area contributed by atoms with Gasteiger partial charge in [-0.2, -0.15) is 0 Å². The molecular weight excluding hydrogens is 281 g/mol. The molecular formula is C18H18FNO2. The van der Waals surface area contributed by atoms with Gasteiger partial charge in [-0.3, -0.25) is 4.79 Å². The predicted octanol–water partition coefficient (Wildman–Crippen LogP) is 4.10. The molecule has 2 aromatic rings. The van der Waals surface area contributed by atoms with Gasteiger partial charge in [0.05, 0.1) is 7.11 Å². The van der Waals surface area contributed by atoms with Crippen LogP contribution in [0.3, 0.4) is 0 Å². The highest BCUT2D eigenvalue weighted by atomic mass is 19.1. The van der Waals surface area contributed by atoms with Gasteiger partial charge < -0.3 is 10.1 Å². The van der Waals surface area contributed by atoms with Gasteiger partial charge in [-0.05, 0) is 49.2 Å². The second-order valence-electron chi connectivity index (χ2n) is 5.03. The van der Waals surface area contributed by atoms with Crippen molar-refractivity contribution in [3.8, 4) is 5.75 Å². The molecule has 2 aromatic carbocycles. The number of anilines is 1. The molecule has 0 atom stereocenters. The molecule has 0 aliphatic carbocycles. The second kappa shape index (κ2) is 6.89. The van der Waals surface area contributed by atoms with Crippen molar-refractivity contribution in [2.45, 2.75) is 13.8 Å². The minimum absolute atomic E-state index is 0.178. The van der Waals surface area contributed by atoms with Gasteiger partial charge in [0.15, 0.2) is 11.6 Å². The van der Waals surface area contributed by atoms with Crippen LogP contribution in [0.4, 0.5) is 10.1 Å². The summed E-state index contributed by atoms with van der Waals surface area (Å²) < 4.78 is 18.4. The Balaban J connectivity index is 2.06. The summed E-state index contributed by atoms with van der Waals surface area (Å²) in [6.07, 6.45) is 2.93. The quantitative estimate of drug-likeness (QED) is 0.863. The lowest BCUT2D eigenvalue weighted by molar-refractivity contribution is -0.111. The van der Waals surface area contributed by atoms with E-state index < -0.39 is 5.82 Å². The number of aryl methyl sites for hydroxylation is 2. The van der Waals surface area contributed by atoms with Gasteiger partial charge in [-0.1, -0.05) is 23.8 Å². The normalized spacial score (nSPS) is 10.7. The third kappa shape index (κ3) is 3.95. The van der Waals surface area contributed by atoms with E-state index in [1.54, 1.807) is 12.1 Å². The summed E-state index contributed by atoms with van der Waals surface area (Å²) >= 11 is 0. The van der Waals surface area contributed by atoms with E-state index in [2.05, 4.69) is 5.32 Å². The summed E-state index contributed by atoms with van der Waals surface area (Å²) in [5.74, 6) is -0.542. The summed E-state index contributed by atoms with van der Waals surface area (Å²) in [5.41, 5.74) is 3.49. The Morgan fingerprint density at radius 2 is 1.95 bits per heavy atom. The molecule has 0 saturated heterocycles. The minimum Gasteiger partial charge on any atom is -0.494 e. The smallest absolute Gasteiger partial charge is 0.248 e.